The highest BCUT2D eigenvalue weighted by Crippen LogP contribution is 2.56. The minimum Gasteiger partial charge on any atom is -0.461 e. The van der Waals surface area contributed by atoms with Crippen molar-refractivity contribution < 1.29 is 27.8 Å². The third kappa shape index (κ3) is 3.92. The lowest BCUT2D eigenvalue weighted by Gasteiger charge is -2.52. The van der Waals surface area contributed by atoms with Crippen molar-refractivity contribution in [3.05, 3.63) is 41.5 Å². The molecule has 6 atom stereocenters. The number of carbonyl (C=O) groups is 1. The van der Waals surface area contributed by atoms with Crippen LogP contribution in [0.25, 0.3) is 0 Å². The summed E-state index contributed by atoms with van der Waals surface area (Å²) in [6.45, 7) is 7.30. The quantitative estimate of drug-likeness (QED) is 0.524. The molecule has 0 amide bonds. The number of piperazine rings is 1. The molecule has 5 rings (SSSR count). The Morgan fingerprint density at radius 3 is 2.65 bits per heavy atom. The van der Waals surface area contributed by atoms with Crippen LogP contribution in [0.4, 0.5) is 18.9 Å². The highest BCUT2D eigenvalue weighted by atomic mass is 19.4. The first-order valence-electron chi connectivity index (χ1n) is 12.3. The second kappa shape index (κ2) is 8.55. The van der Waals surface area contributed by atoms with E-state index >= 15 is 0 Å². The molecule has 2 aliphatic heterocycles. The number of ether oxygens (including phenoxy) is 1. The van der Waals surface area contributed by atoms with Gasteiger partial charge in [0, 0.05) is 56.2 Å². The van der Waals surface area contributed by atoms with Crippen molar-refractivity contribution in [2.75, 3.05) is 37.6 Å². The van der Waals surface area contributed by atoms with Gasteiger partial charge >= 0.3 is 12.1 Å². The van der Waals surface area contributed by atoms with E-state index in [1.54, 1.807) is 6.07 Å². The van der Waals surface area contributed by atoms with E-state index in [-0.39, 0.29) is 29.3 Å². The number of halogens is 3. The van der Waals surface area contributed by atoms with Crippen LogP contribution in [0.2, 0.25) is 0 Å². The Morgan fingerprint density at radius 2 is 1.94 bits per heavy atom. The van der Waals surface area contributed by atoms with Crippen LogP contribution in [0.1, 0.15) is 38.7 Å². The Labute approximate surface area is 198 Å². The van der Waals surface area contributed by atoms with Gasteiger partial charge in [-0.1, -0.05) is 31.6 Å². The summed E-state index contributed by atoms with van der Waals surface area (Å²) in [4.78, 5) is 17.0. The van der Waals surface area contributed by atoms with E-state index in [1.807, 2.05) is 4.90 Å². The lowest BCUT2D eigenvalue weighted by atomic mass is 9.55. The summed E-state index contributed by atoms with van der Waals surface area (Å²) < 4.78 is 45.0. The van der Waals surface area contributed by atoms with E-state index in [0.717, 1.165) is 18.9 Å². The van der Waals surface area contributed by atoms with E-state index in [4.69, 9.17) is 4.74 Å². The number of anilines is 1. The molecule has 0 radical (unpaired) electrons. The molecular formula is C26H33F3N2O3. The van der Waals surface area contributed by atoms with Crippen molar-refractivity contribution in [1.29, 1.82) is 0 Å². The smallest absolute Gasteiger partial charge is 0.416 e. The van der Waals surface area contributed by atoms with Gasteiger partial charge in [0.1, 0.15) is 6.10 Å². The molecule has 0 aromatic heterocycles. The third-order valence-corrected chi connectivity index (χ3v) is 8.94. The number of rotatable bonds is 3. The van der Waals surface area contributed by atoms with Crippen LogP contribution in [0, 0.1) is 23.2 Å². The molecule has 0 bridgehead atoms. The Kier molecular flexibility index (Phi) is 5.96. The summed E-state index contributed by atoms with van der Waals surface area (Å²) in [6, 6.07) is 5.44. The van der Waals surface area contributed by atoms with Gasteiger partial charge in [-0.2, -0.15) is 13.2 Å². The lowest BCUT2D eigenvalue weighted by molar-refractivity contribution is -0.145. The predicted molar refractivity (Wildman–Crippen MR) is 122 cm³/mol. The molecule has 2 aliphatic carbocycles. The maximum absolute atomic E-state index is 13.1. The second-order valence-corrected chi connectivity index (χ2v) is 10.6. The SMILES string of the molecule is C[C@H]1CCC=C2C[C@H]3OC(=O)[C@H](CN4CCN(c5cccc(C(F)(F)F)c5)CC4)[C@H]3[C@@H](O)[C@@]21C. The first-order chi connectivity index (χ1) is 16.1. The number of hydrogen-bond acceptors (Lipinski definition) is 5. The highest BCUT2D eigenvalue weighted by molar-refractivity contribution is 5.76. The second-order valence-electron chi connectivity index (χ2n) is 10.6. The fraction of sp³-hybridized carbons (Fsp3) is 0.654. The van der Waals surface area contributed by atoms with Crippen LogP contribution >= 0.6 is 0 Å². The lowest BCUT2D eigenvalue weighted by Crippen LogP contribution is -2.55. The summed E-state index contributed by atoms with van der Waals surface area (Å²) in [6.07, 6.45) is -0.296. The molecule has 1 aromatic rings. The summed E-state index contributed by atoms with van der Waals surface area (Å²) >= 11 is 0. The van der Waals surface area contributed by atoms with Crippen molar-refractivity contribution in [2.45, 2.75) is 51.5 Å². The molecule has 1 saturated carbocycles. The van der Waals surface area contributed by atoms with Gasteiger partial charge in [-0.05, 0) is 37.0 Å². The van der Waals surface area contributed by atoms with Crippen molar-refractivity contribution in [3.8, 4) is 0 Å². The molecule has 2 heterocycles. The number of hydrogen-bond donors (Lipinski definition) is 1. The topological polar surface area (TPSA) is 53.0 Å². The predicted octanol–water partition coefficient (Wildman–Crippen LogP) is 4.11. The van der Waals surface area contributed by atoms with E-state index in [2.05, 4.69) is 24.8 Å². The Bertz CT molecular complexity index is 972. The number of allylic oxidation sites excluding steroid dienone is 1. The molecule has 0 spiro atoms. The zero-order valence-corrected chi connectivity index (χ0v) is 19.7. The normalized spacial score (nSPS) is 36.5. The standard InChI is InChI=1S/C26H33F3N2O3/c1-16-5-3-6-17-14-21-22(23(32)25(16,17)2)20(24(33)34-21)15-30-9-11-31(12-10-30)19-8-4-7-18(13-19)26(27,28)29/h4,6-8,13,16,20-23,32H,3,5,9-12,14-15H2,1-2H3/t16-,20+,21+,22+,23+,25+/m0/s1. The molecule has 8 heteroatoms. The fourth-order valence-electron chi connectivity index (χ4n) is 6.62. The molecular weight excluding hydrogens is 445 g/mol. The van der Waals surface area contributed by atoms with Crippen LogP contribution in [0.15, 0.2) is 35.9 Å². The van der Waals surface area contributed by atoms with Gasteiger partial charge in [0.2, 0.25) is 0 Å². The number of alkyl halides is 3. The van der Waals surface area contributed by atoms with E-state index < -0.39 is 17.8 Å². The molecule has 186 valence electrons. The van der Waals surface area contributed by atoms with Crippen molar-refractivity contribution >= 4 is 11.7 Å². The zero-order chi connectivity index (χ0) is 24.3. The first kappa shape index (κ1) is 23.7. The van der Waals surface area contributed by atoms with Gasteiger partial charge < -0.3 is 14.7 Å². The zero-order valence-electron chi connectivity index (χ0n) is 19.7. The fourth-order valence-corrected chi connectivity index (χ4v) is 6.62. The van der Waals surface area contributed by atoms with Gasteiger partial charge in [0.25, 0.3) is 0 Å². The highest BCUT2D eigenvalue weighted by Gasteiger charge is 2.59. The molecule has 1 aromatic carbocycles. The monoisotopic (exact) mass is 478 g/mol. The number of aliphatic hydroxyl groups is 1. The average molecular weight is 479 g/mol. The number of carbonyl (C=O) groups excluding carboxylic acids is 1. The Morgan fingerprint density at radius 1 is 1.21 bits per heavy atom. The van der Waals surface area contributed by atoms with Gasteiger partial charge in [-0.15, -0.1) is 0 Å². The Hall–Kier alpha value is -2.06. The minimum absolute atomic E-state index is 0.225. The van der Waals surface area contributed by atoms with Gasteiger partial charge in [0.15, 0.2) is 0 Å². The number of fused-ring (bicyclic) bond motifs is 2. The van der Waals surface area contributed by atoms with Gasteiger partial charge in [-0.3, -0.25) is 9.69 Å². The van der Waals surface area contributed by atoms with Crippen LogP contribution in [-0.4, -0.2) is 60.9 Å². The molecule has 1 N–H and O–H groups in total. The maximum atomic E-state index is 13.1. The number of benzene rings is 1. The first-order valence-corrected chi connectivity index (χ1v) is 12.3. The molecule has 34 heavy (non-hydrogen) atoms. The summed E-state index contributed by atoms with van der Waals surface area (Å²) in [5.74, 6) is -0.495. The maximum Gasteiger partial charge on any atom is 0.416 e. The van der Waals surface area contributed by atoms with Crippen molar-refractivity contribution in [3.63, 3.8) is 0 Å². The molecule has 2 saturated heterocycles. The molecule has 0 unspecified atom stereocenters. The van der Waals surface area contributed by atoms with E-state index in [1.165, 1.54) is 17.7 Å². The number of aliphatic hydroxyl groups excluding tert-OH is 1. The summed E-state index contributed by atoms with van der Waals surface area (Å²) in [7, 11) is 0. The Balaban J connectivity index is 1.26. The average Bonchev–Trinajstić information content (AvgIpc) is 3.11. The van der Waals surface area contributed by atoms with Crippen LogP contribution in [0.3, 0.4) is 0 Å². The van der Waals surface area contributed by atoms with Crippen LogP contribution in [-0.2, 0) is 15.7 Å². The minimum atomic E-state index is -4.36. The number of nitrogens with zero attached hydrogens (tertiary/aromatic N) is 2. The third-order valence-electron chi connectivity index (χ3n) is 8.94. The van der Waals surface area contributed by atoms with E-state index in [0.29, 0.717) is 50.7 Å². The van der Waals surface area contributed by atoms with Crippen LogP contribution < -0.4 is 4.90 Å². The van der Waals surface area contributed by atoms with E-state index in [9.17, 15) is 23.1 Å². The van der Waals surface area contributed by atoms with Gasteiger partial charge in [-0.25, -0.2) is 0 Å². The van der Waals surface area contributed by atoms with Crippen LogP contribution in [0.5, 0.6) is 0 Å². The largest absolute Gasteiger partial charge is 0.461 e. The number of esters is 1. The summed E-state index contributed by atoms with van der Waals surface area (Å²) in [5.41, 5.74) is 0.824. The molecule has 3 fully saturated rings. The van der Waals surface area contributed by atoms with Crippen molar-refractivity contribution in [1.82, 2.24) is 4.90 Å². The summed E-state index contributed by atoms with van der Waals surface area (Å²) in [5, 5.41) is 11.5. The van der Waals surface area contributed by atoms with Gasteiger partial charge in [0.05, 0.1) is 17.6 Å². The van der Waals surface area contributed by atoms with Crippen molar-refractivity contribution in [2.24, 2.45) is 23.2 Å². The molecule has 4 aliphatic rings. The molecule has 5 nitrogen and oxygen atoms in total.